The van der Waals surface area contributed by atoms with Gasteiger partial charge in [0.1, 0.15) is 11.6 Å². The zero-order valence-corrected chi connectivity index (χ0v) is 16.8. The van der Waals surface area contributed by atoms with Crippen LogP contribution in [0.5, 0.6) is 5.75 Å². The number of carbonyl (C=O) groups is 2. The molecule has 2 amide bonds. The monoisotopic (exact) mass is 384 g/mol. The predicted octanol–water partition coefficient (Wildman–Crippen LogP) is 3.22. The van der Waals surface area contributed by atoms with E-state index < -0.39 is 0 Å². The lowest BCUT2D eigenvalue weighted by Gasteiger charge is -2.20. The van der Waals surface area contributed by atoms with Crippen molar-refractivity contribution in [3.8, 4) is 5.75 Å². The largest absolute Gasteiger partial charge is 0.497 e. The summed E-state index contributed by atoms with van der Waals surface area (Å²) in [6.45, 7) is 0.461. The molecule has 3 rings (SSSR count). The third kappa shape index (κ3) is 4.71. The van der Waals surface area contributed by atoms with Crippen LogP contribution in [0.4, 0.5) is 5.82 Å². The van der Waals surface area contributed by atoms with Gasteiger partial charge in [0, 0.05) is 32.6 Å². The van der Waals surface area contributed by atoms with Gasteiger partial charge >= 0.3 is 0 Å². The molecule has 0 spiro atoms. The molecule has 1 aliphatic carbocycles. The van der Waals surface area contributed by atoms with Crippen molar-refractivity contribution >= 4 is 17.6 Å². The van der Waals surface area contributed by atoms with Gasteiger partial charge in [0.15, 0.2) is 5.69 Å². The number of methoxy groups -OCH3 is 1. The Morgan fingerprint density at radius 3 is 2.54 bits per heavy atom. The van der Waals surface area contributed by atoms with Crippen LogP contribution in [-0.4, -0.2) is 40.7 Å². The van der Waals surface area contributed by atoms with Gasteiger partial charge < -0.3 is 15.0 Å². The van der Waals surface area contributed by atoms with Crippen molar-refractivity contribution in [2.75, 3.05) is 19.5 Å². The van der Waals surface area contributed by atoms with E-state index in [0.717, 1.165) is 37.0 Å². The molecule has 1 fully saturated rings. The normalized spacial score (nSPS) is 14.5. The second kappa shape index (κ2) is 8.91. The average molecular weight is 384 g/mol. The summed E-state index contributed by atoms with van der Waals surface area (Å²) in [5.41, 5.74) is 1.32. The van der Waals surface area contributed by atoms with Crippen LogP contribution in [0.25, 0.3) is 0 Å². The average Bonchev–Trinajstić information content (AvgIpc) is 3.08. The van der Waals surface area contributed by atoms with Crippen LogP contribution in [0, 0.1) is 5.92 Å². The van der Waals surface area contributed by atoms with Gasteiger partial charge in [-0.25, -0.2) is 0 Å². The van der Waals surface area contributed by atoms with Gasteiger partial charge in [-0.2, -0.15) is 5.10 Å². The Kier molecular flexibility index (Phi) is 6.34. The number of ether oxygens (including phenoxy) is 1. The molecule has 1 aromatic carbocycles. The molecule has 7 heteroatoms. The first-order valence-corrected chi connectivity index (χ1v) is 9.71. The van der Waals surface area contributed by atoms with Gasteiger partial charge in [0.05, 0.1) is 7.11 Å². The molecule has 0 radical (unpaired) electrons. The van der Waals surface area contributed by atoms with Crippen molar-refractivity contribution in [1.29, 1.82) is 0 Å². The van der Waals surface area contributed by atoms with Crippen LogP contribution in [0.3, 0.4) is 0 Å². The third-order valence-corrected chi connectivity index (χ3v) is 5.25. The minimum absolute atomic E-state index is 0.0216. The number of anilines is 1. The van der Waals surface area contributed by atoms with Crippen molar-refractivity contribution < 1.29 is 14.3 Å². The molecule has 1 heterocycles. The van der Waals surface area contributed by atoms with Crippen LogP contribution in [0.2, 0.25) is 0 Å². The highest BCUT2D eigenvalue weighted by Crippen LogP contribution is 2.25. The number of rotatable bonds is 6. The number of carbonyl (C=O) groups excluding carboxylic acids is 2. The molecule has 2 aromatic rings. The summed E-state index contributed by atoms with van der Waals surface area (Å²) < 4.78 is 6.71. The van der Waals surface area contributed by atoms with E-state index in [1.54, 1.807) is 36.9 Å². The minimum Gasteiger partial charge on any atom is -0.497 e. The van der Waals surface area contributed by atoms with Crippen LogP contribution in [0.15, 0.2) is 30.3 Å². The summed E-state index contributed by atoms with van der Waals surface area (Å²) in [5, 5.41) is 7.22. The van der Waals surface area contributed by atoms with Gasteiger partial charge in [-0.1, -0.05) is 31.4 Å². The number of hydrogen-bond donors (Lipinski definition) is 1. The fourth-order valence-corrected chi connectivity index (χ4v) is 3.55. The number of hydrogen-bond acceptors (Lipinski definition) is 4. The highest BCUT2D eigenvalue weighted by Gasteiger charge is 2.23. The van der Waals surface area contributed by atoms with Crippen LogP contribution in [0.1, 0.15) is 48.2 Å². The molecule has 1 aromatic heterocycles. The standard InChI is InChI=1S/C21H28N4O3/c1-24(14-15-9-11-17(28-3)12-10-15)21(27)18-13-19(25(2)23-18)22-20(26)16-7-5-4-6-8-16/h9-13,16H,4-8,14H2,1-3H3,(H,22,26). The smallest absolute Gasteiger partial charge is 0.274 e. The zero-order chi connectivity index (χ0) is 20.1. The molecule has 7 nitrogen and oxygen atoms in total. The van der Waals surface area contributed by atoms with E-state index in [4.69, 9.17) is 4.74 Å². The lowest BCUT2D eigenvalue weighted by atomic mass is 9.89. The Morgan fingerprint density at radius 2 is 1.89 bits per heavy atom. The second-order valence-corrected chi connectivity index (χ2v) is 7.37. The molecule has 1 saturated carbocycles. The Balaban J connectivity index is 1.63. The molecule has 150 valence electrons. The number of aromatic nitrogens is 2. The Labute approximate surface area is 165 Å². The maximum absolute atomic E-state index is 12.7. The predicted molar refractivity (Wildman–Crippen MR) is 107 cm³/mol. The maximum Gasteiger partial charge on any atom is 0.274 e. The van der Waals surface area contributed by atoms with Gasteiger partial charge in [0.2, 0.25) is 5.91 Å². The van der Waals surface area contributed by atoms with E-state index in [9.17, 15) is 9.59 Å². The summed E-state index contributed by atoms with van der Waals surface area (Å²) in [5.74, 6) is 1.22. The van der Waals surface area contributed by atoms with E-state index >= 15 is 0 Å². The summed E-state index contributed by atoms with van der Waals surface area (Å²) in [6.07, 6.45) is 5.27. The second-order valence-electron chi connectivity index (χ2n) is 7.37. The summed E-state index contributed by atoms with van der Waals surface area (Å²) in [4.78, 5) is 26.8. The highest BCUT2D eigenvalue weighted by molar-refractivity contribution is 5.96. The SMILES string of the molecule is COc1ccc(CN(C)C(=O)c2cc(NC(=O)C3CCCCC3)n(C)n2)cc1. The molecule has 0 unspecified atom stereocenters. The summed E-state index contributed by atoms with van der Waals surface area (Å²) >= 11 is 0. The fourth-order valence-electron chi connectivity index (χ4n) is 3.55. The number of nitrogens with zero attached hydrogens (tertiary/aromatic N) is 3. The number of benzene rings is 1. The molecule has 0 saturated heterocycles. The van der Waals surface area contributed by atoms with Crippen molar-refractivity contribution in [2.45, 2.75) is 38.6 Å². The molecule has 1 aliphatic rings. The molecule has 1 N–H and O–H groups in total. The Bertz CT molecular complexity index is 823. The van der Waals surface area contributed by atoms with Gasteiger partial charge in [-0.15, -0.1) is 0 Å². The first kappa shape index (κ1) is 19.9. The van der Waals surface area contributed by atoms with E-state index in [1.807, 2.05) is 24.3 Å². The van der Waals surface area contributed by atoms with Crippen molar-refractivity contribution in [2.24, 2.45) is 13.0 Å². The van der Waals surface area contributed by atoms with Gasteiger partial charge in [-0.3, -0.25) is 14.3 Å². The molecule has 28 heavy (non-hydrogen) atoms. The summed E-state index contributed by atoms with van der Waals surface area (Å²) in [7, 11) is 5.09. The summed E-state index contributed by atoms with van der Waals surface area (Å²) in [6, 6.07) is 9.24. The number of nitrogens with one attached hydrogen (secondary N) is 1. The zero-order valence-electron chi connectivity index (χ0n) is 16.8. The molecule has 0 bridgehead atoms. The van der Waals surface area contributed by atoms with Crippen LogP contribution < -0.4 is 10.1 Å². The molecular weight excluding hydrogens is 356 g/mol. The van der Waals surface area contributed by atoms with Crippen molar-refractivity contribution in [3.05, 3.63) is 41.6 Å². The Morgan fingerprint density at radius 1 is 1.21 bits per heavy atom. The Hall–Kier alpha value is -2.83. The quantitative estimate of drug-likeness (QED) is 0.830. The minimum atomic E-state index is -0.190. The maximum atomic E-state index is 12.7. The number of aryl methyl sites for hydroxylation is 1. The van der Waals surface area contributed by atoms with E-state index in [0.29, 0.717) is 18.1 Å². The van der Waals surface area contributed by atoms with E-state index in [1.165, 1.54) is 6.42 Å². The molecule has 0 aliphatic heterocycles. The van der Waals surface area contributed by atoms with Gasteiger partial charge in [0.25, 0.3) is 5.91 Å². The topological polar surface area (TPSA) is 76.5 Å². The highest BCUT2D eigenvalue weighted by atomic mass is 16.5. The van der Waals surface area contributed by atoms with E-state index in [2.05, 4.69) is 10.4 Å². The van der Waals surface area contributed by atoms with Crippen molar-refractivity contribution in [1.82, 2.24) is 14.7 Å². The number of amides is 2. The third-order valence-electron chi connectivity index (χ3n) is 5.25. The van der Waals surface area contributed by atoms with Gasteiger partial charge in [-0.05, 0) is 30.5 Å². The van der Waals surface area contributed by atoms with Crippen molar-refractivity contribution in [3.63, 3.8) is 0 Å². The van der Waals surface area contributed by atoms with E-state index in [-0.39, 0.29) is 17.7 Å². The lowest BCUT2D eigenvalue weighted by Crippen LogP contribution is -2.26. The first-order valence-electron chi connectivity index (χ1n) is 9.71. The molecule has 0 atom stereocenters. The van der Waals surface area contributed by atoms with Crippen LogP contribution in [-0.2, 0) is 18.4 Å². The van der Waals surface area contributed by atoms with Crippen LogP contribution >= 0.6 is 0 Å². The molecular formula is C21H28N4O3. The fraction of sp³-hybridized carbons (Fsp3) is 0.476. The lowest BCUT2D eigenvalue weighted by molar-refractivity contribution is -0.120. The first-order chi connectivity index (χ1) is 13.5.